The molecule has 0 fully saturated rings. The Balaban J connectivity index is 1.75. The van der Waals surface area contributed by atoms with Gasteiger partial charge >= 0.3 is 0 Å². The summed E-state index contributed by atoms with van der Waals surface area (Å²) in [7, 11) is 0. The molecule has 3 aromatic rings. The van der Waals surface area contributed by atoms with E-state index in [9.17, 15) is 0 Å². The van der Waals surface area contributed by atoms with E-state index >= 15 is 0 Å². The highest BCUT2D eigenvalue weighted by Gasteiger charge is 2.14. The Morgan fingerprint density at radius 1 is 0.579 bits per heavy atom. The minimum Gasteiger partial charge on any atom is -0.493 e. The van der Waals surface area contributed by atoms with Gasteiger partial charge in [-0.1, -0.05) is 82.1 Å². The molecule has 0 radical (unpaired) electrons. The highest BCUT2D eigenvalue weighted by atomic mass is 79.9. The van der Waals surface area contributed by atoms with Crippen LogP contribution in [0.1, 0.15) is 79.1 Å². The number of unbranched alkanes of at least 4 members (excludes halogenated alkanes) is 2. The lowest BCUT2D eigenvalue weighted by atomic mass is 10.0. The van der Waals surface area contributed by atoms with Crippen LogP contribution in [-0.2, 0) is 0 Å². The van der Waals surface area contributed by atoms with E-state index in [1.54, 1.807) is 0 Å². The van der Waals surface area contributed by atoms with Crippen molar-refractivity contribution in [3.05, 3.63) is 77.3 Å². The molecule has 3 rings (SSSR count). The molecule has 0 saturated heterocycles. The van der Waals surface area contributed by atoms with Gasteiger partial charge in [-0.2, -0.15) is 0 Å². The van der Waals surface area contributed by atoms with Crippen molar-refractivity contribution < 1.29 is 9.47 Å². The summed E-state index contributed by atoms with van der Waals surface area (Å²) in [6, 6.07) is 25.4. The summed E-state index contributed by atoms with van der Waals surface area (Å²) >= 11 is 3.58. The maximum atomic E-state index is 6.17. The Bertz CT molecular complexity index is 970. The molecular weight excluding hydrogens is 534 g/mol. The van der Waals surface area contributed by atoms with Gasteiger partial charge in [-0.3, -0.25) is 0 Å². The van der Waals surface area contributed by atoms with E-state index in [-0.39, 0.29) is 0 Å². The largest absolute Gasteiger partial charge is 0.493 e. The molecule has 206 valence electrons. The van der Waals surface area contributed by atoms with Gasteiger partial charge in [0.2, 0.25) is 0 Å². The first-order valence-corrected chi connectivity index (χ1v) is 15.4. The minimum atomic E-state index is 0.619. The van der Waals surface area contributed by atoms with E-state index in [2.05, 4.69) is 121 Å². The second kappa shape index (κ2) is 16.5. The van der Waals surface area contributed by atoms with Crippen molar-refractivity contribution in [1.29, 1.82) is 0 Å². The highest BCUT2D eigenvalue weighted by molar-refractivity contribution is 9.10. The van der Waals surface area contributed by atoms with Gasteiger partial charge in [0.1, 0.15) is 11.5 Å². The zero-order valence-corrected chi connectivity index (χ0v) is 25.4. The summed E-state index contributed by atoms with van der Waals surface area (Å²) in [5.41, 5.74) is 3.29. The van der Waals surface area contributed by atoms with Gasteiger partial charge in [-0.15, -0.1) is 0 Å². The normalized spacial score (nSPS) is 12.7. The van der Waals surface area contributed by atoms with Crippen LogP contribution in [0.15, 0.2) is 77.3 Å². The molecule has 0 N–H and O–H groups in total. The van der Waals surface area contributed by atoms with E-state index < -0.39 is 0 Å². The van der Waals surface area contributed by atoms with Gasteiger partial charge in [0.15, 0.2) is 0 Å². The summed E-state index contributed by atoms with van der Waals surface area (Å²) in [4.78, 5) is 2.27. The molecule has 0 aliphatic carbocycles. The van der Waals surface area contributed by atoms with Gasteiger partial charge in [0, 0.05) is 21.5 Å². The molecule has 0 unspecified atom stereocenters. The molecule has 38 heavy (non-hydrogen) atoms. The van der Waals surface area contributed by atoms with E-state index in [4.69, 9.17) is 9.47 Å². The van der Waals surface area contributed by atoms with E-state index in [0.29, 0.717) is 11.8 Å². The molecule has 3 nitrogen and oxygen atoms in total. The summed E-state index contributed by atoms with van der Waals surface area (Å²) in [6.07, 6.45) is 9.81. The van der Waals surface area contributed by atoms with Crippen LogP contribution in [-0.4, -0.2) is 13.2 Å². The maximum Gasteiger partial charge on any atom is 0.119 e. The van der Waals surface area contributed by atoms with E-state index in [0.717, 1.165) is 59.1 Å². The molecule has 0 aliphatic heterocycles. The molecule has 0 aromatic heterocycles. The zero-order valence-electron chi connectivity index (χ0n) is 23.8. The SMILES string of the molecule is CCCC[C@@H](CC)COc1ccc(N(c2ccc(Br)cc2)c2ccc(OC[C@H](CC)CCCC)cc2)cc1. The first-order chi connectivity index (χ1) is 18.6. The molecular formula is C34H46BrNO2. The van der Waals surface area contributed by atoms with Gasteiger partial charge in [0.05, 0.1) is 13.2 Å². The number of anilines is 3. The molecule has 2 atom stereocenters. The van der Waals surface area contributed by atoms with Crippen LogP contribution < -0.4 is 14.4 Å². The van der Waals surface area contributed by atoms with Crippen molar-refractivity contribution in [2.24, 2.45) is 11.8 Å². The number of ether oxygens (including phenoxy) is 2. The number of hydrogen-bond acceptors (Lipinski definition) is 3. The van der Waals surface area contributed by atoms with Gasteiger partial charge in [-0.05, 0) is 97.5 Å². The van der Waals surface area contributed by atoms with Crippen molar-refractivity contribution in [2.75, 3.05) is 18.1 Å². The third-order valence-corrected chi connectivity index (χ3v) is 7.86. The summed E-state index contributed by atoms with van der Waals surface area (Å²) in [5, 5.41) is 0. The van der Waals surface area contributed by atoms with Crippen LogP contribution in [0.3, 0.4) is 0 Å². The number of nitrogens with zero attached hydrogens (tertiary/aromatic N) is 1. The maximum absolute atomic E-state index is 6.17. The first-order valence-electron chi connectivity index (χ1n) is 14.6. The standard InChI is InChI=1S/C34H46BrNO2/c1-5-9-11-27(7-3)25-37-33-21-17-31(18-22-33)36(30-15-13-29(35)14-16-30)32-19-23-34(24-20-32)38-26-28(8-4)12-10-6-2/h13-24,27-28H,5-12,25-26H2,1-4H3/t27-,28-/m1/s1. The summed E-state index contributed by atoms with van der Waals surface area (Å²) in [6.45, 7) is 10.6. The molecule has 0 saturated carbocycles. The second-order valence-corrected chi connectivity index (χ2v) is 11.2. The Hall–Kier alpha value is -2.46. The van der Waals surface area contributed by atoms with Crippen molar-refractivity contribution in [1.82, 2.24) is 0 Å². The number of rotatable bonds is 17. The topological polar surface area (TPSA) is 21.7 Å². The van der Waals surface area contributed by atoms with Crippen molar-refractivity contribution in [3.8, 4) is 11.5 Å². The highest BCUT2D eigenvalue weighted by Crippen LogP contribution is 2.36. The molecule has 0 aliphatic rings. The predicted octanol–water partition coefficient (Wildman–Crippen LogP) is 11.1. The lowest BCUT2D eigenvalue weighted by Crippen LogP contribution is -2.12. The quantitative estimate of drug-likeness (QED) is 0.159. The number of halogens is 1. The summed E-state index contributed by atoms with van der Waals surface area (Å²) in [5.74, 6) is 3.09. The Morgan fingerprint density at radius 3 is 1.29 bits per heavy atom. The Labute approximate surface area is 239 Å². The molecule has 0 amide bonds. The predicted molar refractivity (Wildman–Crippen MR) is 166 cm³/mol. The van der Waals surface area contributed by atoms with Crippen LogP contribution in [0.4, 0.5) is 17.1 Å². The van der Waals surface area contributed by atoms with Crippen LogP contribution in [0.2, 0.25) is 0 Å². The monoisotopic (exact) mass is 579 g/mol. The average molecular weight is 581 g/mol. The fourth-order valence-corrected chi connectivity index (χ4v) is 4.91. The third-order valence-electron chi connectivity index (χ3n) is 7.33. The van der Waals surface area contributed by atoms with Crippen molar-refractivity contribution in [3.63, 3.8) is 0 Å². The number of benzene rings is 3. The first kappa shape index (κ1) is 30.1. The van der Waals surface area contributed by atoms with Gasteiger partial charge < -0.3 is 14.4 Å². The third kappa shape index (κ3) is 9.38. The van der Waals surface area contributed by atoms with Crippen LogP contribution in [0.25, 0.3) is 0 Å². The lowest BCUT2D eigenvalue weighted by molar-refractivity contribution is 0.233. The molecule has 3 aromatic carbocycles. The van der Waals surface area contributed by atoms with Crippen LogP contribution in [0, 0.1) is 11.8 Å². The smallest absolute Gasteiger partial charge is 0.119 e. The van der Waals surface area contributed by atoms with Crippen LogP contribution in [0.5, 0.6) is 11.5 Å². The molecule has 4 heteroatoms. The average Bonchev–Trinajstić information content (AvgIpc) is 2.96. The fourth-order valence-electron chi connectivity index (χ4n) is 4.64. The van der Waals surface area contributed by atoms with Crippen LogP contribution >= 0.6 is 15.9 Å². The molecule has 0 heterocycles. The zero-order chi connectivity index (χ0) is 27.2. The number of hydrogen-bond donors (Lipinski definition) is 0. The fraction of sp³-hybridized carbons (Fsp3) is 0.471. The van der Waals surface area contributed by atoms with Crippen molar-refractivity contribution >= 4 is 33.0 Å². The Kier molecular flexibility index (Phi) is 13.1. The summed E-state index contributed by atoms with van der Waals surface area (Å²) < 4.78 is 13.4. The van der Waals surface area contributed by atoms with E-state index in [1.165, 1.54) is 38.5 Å². The van der Waals surface area contributed by atoms with Crippen molar-refractivity contribution in [2.45, 2.75) is 79.1 Å². The van der Waals surface area contributed by atoms with Gasteiger partial charge in [-0.25, -0.2) is 0 Å². The second-order valence-electron chi connectivity index (χ2n) is 10.3. The molecule has 0 bridgehead atoms. The van der Waals surface area contributed by atoms with E-state index in [1.807, 2.05) is 0 Å². The minimum absolute atomic E-state index is 0.619. The van der Waals surface area contributed by atoms with Gasteiger partial charge in [0.25, 0.3) is 0 Å². The Morgan fingerprint density at radius 2 is 0.947 bits per heavy atom. The molecule has 0 spiro atoms. The lowest BCUT2D eigenvalue weighted by Gasteiger charge is -2.26.